The summed E-state index contributed by atoms with van der Waals surface area (Å²) in [7, 11) is 0. The van der Waals surface area contributed by atoms with Crippen molar-refractivity contribution in [3.05, 3.63) is 87.3 Å². The van der Waals surface area contributed by atoms with Crippen molar-refractivity contribution in [1.29, 1.82) is 0 Å². The summed E-state index contributed by atoms with van der Waals surface area (Å²) in [4.78, 5) is 32.1. The van der Waals surface area contributed by atoms with Crippen LogP contribution in [0, 0.1) is 15.9 Å². The van der Waals surface area contributed by atoms with Crippen LogP contribution in [-0.4, -0.2) is 47.1 Å². The number of thioether (sulfide) groups is 1. The first-order chi connectivity index (χ1) is 16.5. The Morgan fingerprint density at radius 1 is 1.00 bits per heavy atom. The summed E-state index contributed by atoms with van der Waals surface area (Å²) in [5.41, 5.74) is 1.42. The van der Waals surface area contributed by atoms with E-state index in [1.54, 1.807) is 48.5 Å². The fourth-order valence-corrected chi connectivity index (χ4v) is 4.83. The number of nitro groups is 1. The minimum atomic E-state index is -0.371. The molecule has 0 unspecified atom stereocenters. The highest BCUT2D eigenvalue weighted by atomic mass is 32.2. The molecular formula is C24H19FN4O4S. The van der Waals surface area contributed by atoms with Gasteiger partial charge in [0.1, 0.15) is 23.0 Å². The third-order valence-electron chi connectivity index (χ3n) is 5.61. The van der Waals surface area contributed by atoms with Gasteiger partial charge in [-0.3, -0.25) is 14.9 Å². The number of para-hydroxylation sites is 2. The van der Waals surface area contributed by atoms with Crippen LogP contribution in [-0.2, 0) is 4.79 Å². The molecule has 172 valence electrons. The summed E-state index contributed by atoms with van der Waals surface area (Å²) >= 11 is 1.28. The Morgan fingerprint density at radius 3 is 2.44 bits per heavy atom. The van der Waals surface area contributed by atoms with Gasteiger partial charge < -0.3 is 14.2 Å². The number of piperazine rings is 1. The van der Waals surface area contributed by atoms with Gasteiger partial charge in [-0.05, 0) is 54.2 Å². The van der Waals surface area contributed by atoms with Crippen LogP contribution in [0.3, 0.4) is 0 Å². The SMILES string of the molecule is O=C1N=C(N2CCN(c3ccccc3[N+](=O)[O-])CC2)SC1=Cc1ccc(-c2ccc(F)cc2)o1. The zero-order chi connectivity index (χ0) is 23.7. The molecule has 0 aliphatic carbocycles. The van der Waals surface area contributed by atoms with Crippen LogP contribution in [0.4, 0.5) is 15.8 Å². The Morgan fingerprint density at radius 2 is 1.71 bits per heavy atom. The van der Waals surface area contributed by atoms with Crippen molar-refractivity contribution < 1.29 is 18.5 Å². The van der Waals surface area contributed by atoms with Crippen LogP contribution in [0.15, 0.2) is 75.0 Å². The molecule has 2 aromatic carbocycles. The van der Waals surface area contributed by atoms with E-state index in [4.69, 9.17) is 4.42 Å². The molecule has 0 bridgehead atoms. The number of hydrogen-bond acceptors (Lipinski definition) is 7. The third kappa shape index (κ3) is 4.44. The lowest BCUT2D eigenvalue weighted by Crippen LogP contribution is -2.48. The van der Waals surface area contributed by atoms with Crippen molar-refractivity contribution in [1.82, 2.24) is 4.90 Å². The van der Waals surface area contributed by atoms with Crippen LogP contribution < -0.4 is 4.90 Å². The number of rotatable bonds is 4. The van der Waals surface area contributed by atoms with Crippen LogP contribution in [0.1, 0.15) is 5.76 Å². The maximum atomic E-state index is 13.1. The number of amidine groups is 1. The van der Waals surface area contributed by atoms with E-state index >= 15 is 0 Å². The molecule has 2 aliphatic rings. The largest absolute Gasteiger partial charge is 0.457 e. The first-order valence-electron chi connectivity index (χ1n) is 10.6. The van der Waals surface area contributed by atoms with Crippen molar-refractivity contribution >= 4 is 40.3 Å². The molecule has 1 saturated heterocycles. The van der Waals surface area contributed by atoms with E-state index < -0.39 is 0 Å². The number of aliphatic imine (C=N–C) groups is 1. The number of hydrogen-bond donors (Lipinski definition) is 0. The van der Waals surface area contributed by atoms with Crippen molar-refractivity contribution in [3.8, 4) is 11.3 Å². The molecule has 0 saturated carbocycles. The molecule has 0 atom stereocenters. The highest BCUT2D eigenvalue weighted by Crippen LogP contribution is 2.33. The molecular weight excluding hydrogens is 459 g/mol. The van der Waals surface area contributed by atoms with E-state index in [0.29, 0.717) is 53.5 Å². The second-order valence-electron chi connectivity index (χ2n) is 7.74. The fraction of sp³-hybridized carbons (Fsp3) is 0.167. The minimum Gasteiger partial charge on any atom is -0.457 e. The van der Waals surface area contributed by atoms with Crippen molar-refractivity contribution in [3.63, 3.8) is 0 Å². The maximum Gasteiger partial charge on any atom is 0.292 e. The molecule has 1 aromatic heterocycles. The standard InChI is InChI=1S/C24H19FN4O4S/c25-17-7-5-16(6-8-17)21-10-9-18(33-21)15-22-23(30)26-24(34-22)28-13-11-27(12-14-28)19-3-1-2-4-20(19)29(31)32/h1-10,15H,11-14H2. The van der Waals surface area contributed by atoms with Gasteiger partial charge in [0.05, 0.1) is 9.83 Å². The number of anilines is 1. The summed E-state index contributed by atoms with van der Waals surface area (Å²) in [5, 5.41) is 11.9. The molecule has 3 heterocycles. The lowest BCUT2D eigenvalue weighted by atomic mass is 10.2. The molecule has 1 fully saturated rings. The highest BCUT2D eigenvalue weighted by Gasteiger charge is 2.30. The molecule has 3 aromatic rings. The first kappa shape index (κ1) is 21.9. The van der Waals surface area contributed by atoms with Gasteiger partial charge in [-0.2, -0.15) is 4.99 Å². The lowest BCUT2D eigenvalue weighted by Gasteiger charge is -2.36. The van der Waals surface area contributed by atoms with Gasteiger partial charge in [0, 0.05) is 43.9 Å². The van der Waals surface area contributed by atoms with E-state index in [1.807, 2.05) is 9.80 Å². The average Bonchev–Trinajstić information content (AvgIpc) is 3.47. The molecule has 0 spiro atoms. The predicted octanol–water partition coefficient (Wildman–Crippen LogP) is 4.79. The van der Waals surface area contributed by atoms with Crippen molar-refractivity contribution in [2.75, 3.05) is 31.1 Å². The topological polar surface area (TPSA) is 92.2 Å². The lowest BCUT2D eigenvalue weighted by molar-refractivity contribution is -0.384. The third-order valence-corrected chi connectivity index (χ3v) is 6.65. The molecule has 2 aliphatic heterocycles. The number of halogens is 1. The maximum absolute atomic E-state index is 13.1. The quantitative estimate of drug-likeness (QED) is 0.303. The van der Waals surface area contributed by atoms with E-state index in [0.717, 1.165) is 5.56 Å². The smallest absolute Gasteiger partial charge is 0.292 e. The van der Waals surface area contributed by atoms with Crippen LogP contribution in [0.25, 0.3) is 17.4 Å². The summed E-state index contributed by atoms with van der Waals surface area (Å²) in [5.74, 6) is 0.432. The number of nitro benzene ring substituents is 1. The fourth-order valence-electron chi connectivity index (χ4n) is 3.89. The number of carbonyl (C=O) groups is 1. The summed E-state index contributed by atoms with van der Waals surface area (Å²) in [6.45, 7) is 2.34. The summed E-state index contributed by atoms with van der Waals surface area (Å²) in [6.07, 6.45) is 1.65. The molecule has 5 rings (SSSR count). The van der Waals surface area contributed by atoms with E-state index in [2.05, 4.69) is 4.99 Å². The van der Waals surface area contributed by atoms with Gasteiger partial charge in [0.25, 0.3) is 11.6 Å². The molecule has 0 N–H and O–H groups in total. The summed E-state index contributed by atoms with van der Waals surface area (Å²) in [6, 6.07) is 16.2. The molecule has 8 nitrogen and oxygen atoms in total. The number of nitrogens with zero attached hydrogens (tertiary/aromatic N) is 4. The van der Waals surface area contributed by atoms with Gasteiger partial charge >= 0.3 is 0 Å². The molecule has 0 radical (unpaired) electrons. The minimum absolute atomic E-state index is 0.0855. The van der Waals surface area contributed by atoms with Crippen LogP contribution in [0.2, 0.25) is 0 Å². The first-order valence-corrected chi connectivity index (χ1v) is 11.4. The zero-order valence-corrected chi connectivity index (χ0v) is 18.7. The van der Waals surface area contributed by atoms with Gasteiger partial charge in [0.2, 0.25) is 0 Å². The van der Waals surface area contributed by atoms with E-state index in [1.165, 1.54) is 30.0 Å². The monoisotopic (exact) mass is 478 g/mol. The van der Waals surface area contributed by atoms with Crippen molar-refractivity contribution in [2.45, 2.75) is 0 Å². The zero-order valence-electron chi connectivity index (χ0n) is 17.9. The Balaban J connectivity index is 1.24. The number of amides is 1. The van der Waals surface area contributed by atoms with E-state index in [9.17, 15) is 19.3 Å². The second kappa shape index (κ2) is 9.14. The average molecular weight is 479 g/mol. The normalized spacial score (nSPS) is 17.4. The number of benzene rings is 2. The number of carbonyl (C=O) groups excluding carboxylic acids is 1. The molecule has 10 heteroatoms. The predicted molar refractivity (Wildman–Crippen MR) is 129 cm³/mol. The van der Waals surface area contributed by atoms with Gasteiger partial charge in [0.15, 0.2) is 5.17 Å². The number of furan rings is 1. The Bertz CT molecular complexity index is 1310. The highest BCUT2D eigenvalue weighted by molar-refractivity contribution is 8.18. The Labute approximate surface area is 198 Å². The van der Waals surface area contributed by atoms with Gasteiger partial charge in [-0.1, -0.05) is 12.1 Å². The summed E-state index contributed by atoms with van der Waals surface area (Å²) < 4.78 is 18.9. The molecule has 1 amide bonds. The molecule has 34 heavy (non-hydrogen) atoms. The van der Waals surface area contributed by atoms with Crippen LogP contribution >= 0.6 is 11.8 Å². The van der Waals surface area contributed by atoms with E-state index in [-0.39, 0.29) is 22.3 Å². The Hall–Kier alpha value is -3.92. The Kier molecular flexibility index (Phi) is 5.89. The van der Waals surface area contributed by atoms with Gasteiger partial charge in [-0.25, -0.2) is 4.39 Å². The van der Waals surface area contributed by atoms with Gasteiger partial charge in [-0.15, -0.1) is 0 Å². The second-order valence-corrected chi connectivity index (χ2v) is 8.75. The van der Waals surface area contributed by atoms with Crippen LogP contribution in [0.5, 0.6) is 0 Å². The van der Waals surface area contributed by atoms with Crippen molar-refractivity contribution in [2.24, 2.45) is 4.99 Å².